The Morgan fingerprint density at radius 2 is 1.91 bits per heavy atom. The maximum atomic E-state index is 12.3. The lowest BCUT2D eigenvalue weighted by Gasteiger charge is -2.31. The smallest absolute Gasteiger partial charge is 0.478 e. The molecule has 2 bridgehead atoms. The Morgan fingerprint density at radius 3 is 2.50 bits per heavy atom. The van der Waals surface area contributed by atoms with Crippen LogP contribution in [0.25, 0.3) is 0 Å². The summed E-state index contributed by atoms with van der Waals surface area (Å²) in [5.41, 5.74) is -2.59. The lowest BCUT2D eigenvalue weighted by Crippen LogP contribution is -2.45. The highest BCUT2D eigenvalue weighted by Crippen LogP contribution is 2.66. The number of rotatable bonds is 10. The molecule has 5 N–H and O–H groups in total. The first kappa shape index (κ1) is 25.6. The van der Waals surface area contributed by atoms with Crippen molar-refractivity contribution in [3.05, 3.63) is 22.7 Å². The van der Waals surface area contributed by atoms with E-state index < -0.39 is 59.8 Å². The van der Waals surface area contributed by atoms with E-state index in [0.29, 0.717) is 0 Å². The number of nitrogens with zero attached hydrogens (tertiary/aromatic N) is 2. The molecule has 0 amide bonds. The number of phosphoric ester groups is 1. The minimum atomic E-state index is -5.71. The molecule has 20 heteroatoms. The van der Waals surface area contributed by atoms with E-state index in [9.17, 15) is 33.4 Å². The molecule has 2 saturated heterocycles. The molecule has 3 rings (SSSR count). The van der Waals surface area contributed by atoms with Gasteiger partial charge in [-0.3, -0.25) is 9.09 Å². The molecule has 3 heterocycles. The van der Waals surface area contributed by atoms with Crippen molar-refractivity contribution >= 4 is 23.5 Å². The van der Waals surface area contributed by atoms with E-state index in [1.54, 1.807) is 6.92 Å². The van der Waals surface area contributed by atoms with Gasteiger partial charge in [0.2, 0.25) is 5.88 Å². The molecule has 32 heavy (non-hydrogen) atoms. The van der Waals surface area contributed by atoms with Crippen molar-refractivity contribution in [1.82, 2.24) is 9.55 Å². The Hall–Kier alpha value is -1.03. The van der Waals surface area contributed by atoms with Gasteiger partial charge in [-0.25, -0.2) is 18.5 Å². The van der Waals surface area contributed by atoms with Crippen molar-refractivity contribution in [3.63, 3.8) is 0 Å². The number of aromatic nitrogens is 2. The molecule has 0 aliphatic carbocycles. The summed E-state index contributed by atoms with van der Waals surface area (Å²) in [5.74, 6) is 0.0562. The zero-order chi connectivity index (χ0) is 23.9. The molecule has 1 aromatic heterocycles. The van der Waals surface area contributed by atoms with Crippen molar-refractivity contribution in [2.45, 2.75) is 31.0 Å². The standard InChI is InChI=1S/C12H19N2O15P3/c1-2-24-7-3-4-14(11(16)13-7)10-8-9(15)12(27-10,5-25-8)6-26-31(20,21)29-32(22,23)28-30(17,18)19/h3-4,8-10,15H,2,5-6H2,1H3,(H,20,21)(H,22,23)(H2,17,18,19)/t8-,9+,10-,12-/m1/s1. The molecular weight excluding hydrogens is 505 g/mol. The molecule has 0 saturated carbocycles. The van der Waals surface area contributed by atoms with Crippen molar-refractivity contribution in [3.8, 4) is 5.88 Å². The van der Waals surface area contributed by atoms with Gasteiger partial charge in [-0.05, 0) is 6.92 Å². The second-order valence-electron chi connectivity index (χ2n) is 6.55. The summed E-state index contributed by atoms with van der Waals surface area (Å²) in [6.07, 6.45) is -2.51. The molecule has 1 aromatic rings. The topological polar surface area (TPSA) is 243 Å². The summed E-state index contributed by atoms with van der Waals surface area (Å²) in [5, 5.41) is 10.5. The fourth-order valence-electron chi connectivity index (χ4n) is 3.05. The molecule has 17 nitrogen and oxygen atoms in total. The van der Waals surface area contributed by atoms with Gasteiger partial charge in [0.1, 0.15) is 17.8 Å². The molecule has 0 aromatic carbocycles. The number of hydrogen-bond donors (Lipinski definition) is 5. The first-order valence-electron chi connectivity index (χ1n) is 8.65. The van der Waals surface area contributed by atoms with Gasteiger partial charge in [-0.2, -0.15) is 13.6 Å². The molecule has 2 unspecified atom stereocenters. The van der Waals surface area contributed by atoms with Crippen LogP contribution in [0.3, 0.4) is 0 Å². The molecule has 0 radical (unpaired) electrons. The summed E-state index contributed by atoms with van der Waals surface area (Å²) in [6.45, 7) is 0.663. The lowest BCUT2D eigenvalue weighted by atomic mass is 10.0. The van der Waals surface area contributed by atoms with Gasteiger partial charge in [0.15, 0.2) is 6.23 Å². The van der Waals surface area contributed by atoms with E-state index in [4.69, 9.17) is 24.0 Å². The second-order valence-corrected chi connectivity index (χ2v) is 11.0. The van der Waals surface area contributed by atoms with Crippen molar-refractivity contribution < 1.29 is 65.7 Å². The van der Waals surface area contributed by atoms with E-state index in [1.165, 1.54) is 12.3 Å². The summed E-state index contributed by atoms with van der Waals surface area (Å²) in [4.78, 5) is 51.8. The van der Waals surface area contributed by atoms with Crippen LogP contribution in [-0.2, 0) is 36.3 Å². The highest BCUT2D eigenvalue weighted by Gasteiger charge is 2.63. The monoisotopic (exact) mass is 524 g/mol. The average Bonchev–Trinajstić information content (AvgIpc) is 3.08. The van der Waals surface area contributed by atoms with Gasteiger partial charge in [-0.1, -0.05) is 0 Å². The zero-order valence-electron chi connectivity index (χ0n) is 16.1. The van der Waals surface area contributed by atoms with E-state index in [0.717, 1.165) is 4.57 Å². The van der Waals surface area contributed by atoms with E-state index in [1.807, 2.05) is 0 Å². The van der Waals surface area contributed by atoms with Crippen molar-refractivity contribution in [1.29, 1.82) is 0 Å². The van der Waals surface area contributed by atoms with Gasteiger partial charge >= 0.3 is 29.2 Å². The zero-order valence-corrected chi connectivity index (χ0v) is 18.7. The van der Waals surface area contributed by atoms with Gasteiger partial charge in [-0.15, -0.1) is 0 Å². The summed E-state index contributed by atoms with van der Waals surface area (Å²) in [6, 6.07) is 1.37. The second kappa shape index (κ2) is 8.96. The van der Waals surface area contributed by atoms with Crippen LogP contribution in [0.2, 0.25) is 0 Å². The molecule has 0 spiro atoms. The Morgan fingerprint density at radius 1 is 1.22 bits per heavy atom. The van der Waals surface area contributed by atoms with Crippen LogP contribution >= 0.6 is 23.5 Å². The highest BCUT2D eigenvalue weighted by molar-refractivity contribution is 7.66. The Kier molecular flexibility index (Phi) is 7.17. The third-order valence-electron chi connectivity index (χ3n) is 4.27. The van der Waals surface area contributed by atoms with Crippen LogP contribution in [0.5, 0.6) is 5.88 Å². The Bertz CT molecular complexity index is 1060. The van der Waals surface area contributed by atoms with E-state index in [2.05, 4.69) is 18.1 Å². The van der Waals surface area contributed by atoms with Crippen LogP contribution in [0.4, 0.5) is 0 Å². The molecule has 2 fully saturated rings. The number of fused-ring (bicyclic) bond motifs is 2. The number of ether oxygens (including phenoxy) is 3. The van der Waals surface area contributed by atoms with Crippen LogP contribution in [0.1, 0.15) is 13.2 Å². The maximum absolute atomic E-state index is 12.3. The minimum absolute atomic E-state index is 0.0562. The van der Waals surface area contributed by atoms with Crippen LogP contribution in [-0.4, -0.2) is 71.9 Å². The number of phosphoric acid groups is 3. The van der Waals surface area contributed by atoms with Crippen LogP contribution in [0.15, 0.2) is 17.1 Å². The minimum Gasteiger partial charge on any atom is -0.478 e. The fourth-order valence-corrected chi connectivity index (χ4v) is 6.13. The average molecular weight is 524 g/mol. The Balaban J connectivity index is 1.72. The summed E-state index contributed by atoms with van der Waals surface area (Å²) < 4.78 is 62.9. The molecular formula is C12H19N2O15P3. The summed E-state index contributed by atoms with van der Waals surface area (Å²) >= 11 is 0. The van der Waals surface area contributed by atoms with Crippen LogP contribution in [0, 0.1) is 0 Å². The predicted molar refractivity (Wildman–Crippen MR) is 98.1 cm³/mol. The third-order valence-corrected chi connectivity index (χ3v) is 8.05. The molecule has 2 aliphatic rings. The quantitative estimate of drug-likeness (QED) is 0.231. The van der Waals surface area contributed by atoms with Crippen LogP contribution < -0.4 is 10.4 Å². The summed E-state index contributed by atoms with van der Waals surface area (Å²) in [7, 11) is -16.7. The third kappa shape index (κ3) is 5.72. The molecule has 182 valence electrons. The van der Waals surface area contributed by atoms with Gasteiger partial charge < -0.3 is 38.9 Å². The van der Waals surface area contributed by atoms with Crippen molar-refractivity contribution in [2.75, 3.05) is 19.8 Å². The predicted octanol–water partition coefficient (Wildman–Crippen LogP) is -0.987. The highest BCUT2D eigenvalue weighted by atomic mass is 31.3. The molecule has 6 atom stereocenters. The van der Waals surface area contributed by atoms with Gasteiger partial charge in [0, 0.05) is 12.3 Å². The number of aliphatic hydroxyl groups is 1. The van der Waals surface area contributed by atoms with Crippen molar-refractivity contribution in [2.24, 2.45) is 0 Å². The maximum Gasteiger partial charge on any atom is 0.490 e. The first-order valence-corrected chi connectivity index (χ1v) is 13.2. The number of hydrogen-bond acceptors (Lipinski definition) is 12. The normalized spacial score (nSPS) is 31.2. The fraction of sp³-hybridized carbons (Fsp3) is 0.667. The number of aliphatic hydroxyl groups excluding tert-OH is 1. The van der Waals surface area contributed by atoms with E-state index >= 15 is 0 Å². The first-order chi connectivity index (χ1) is 14.7. The lowest BCUT2D eigenvalue weighted by molar-refractivity contribution is -0.186. The van der Waals surface area contributed by atoms with E-state index in [-0.39, 0.29) is 19.1 Å². The molecule has 2 aliphatic heterocycles. The van der Waals surface area contributed by atoms with Gasteiger partial charge in [0.05, 0.1) is 19.8 Å². The Labute approximate surface area is 178 Å². The SMILES string of the molecule is CCOc1ccn([C@@H]2O[C@@]3(COP(=O)(O)OP(=O)(O)OP(=O)(O)O)CO[C@@H]2[C@@H]3O)c(=O)n1. The van der Waals surface area contributed by atoms with Gasteiger partial charge in [0.25, 0.3) is 0 Å². The largest absolute Gasteiger partial charge is 0.490 e.